The molecule has 2 aromatic rings. The normalized spacial score (nSPS) is 11.7. The Balaban J connectivity index is 2.28. The maximum atomic E-state index is 12.2. The average molecular weight is 349 g/mol. The minimum absolute atomic E-state index is 0.0448. The monoisotopic (exact) mass is 348 g/mol. The first-order valence-corrected chi connectivity index (χ1v) is 7.65. The average Bonchev–Trinajstić information content (AvgIpc) is 2.86. The Labute approximate surface area is 119 Å². The second-order valence-corrected chi connectivity index (χ2v) is 6.23. The molecule has 0 aliphatic heterocycles. The van der Waals surface area contributed by atoms with Gasteiger partial charge in [-0.1, -0.05) is 0 Å². The Bertz CT molecular complexity index is 677. The third-order valence-corrected chi connectivity index (χ3v) is 4.51. The number of nitrogens with zero attached hydrogens (tertiary/aromatic N) is 2. The quantitative estimate of drug-likeness (QED) is 0.849. The van der Waals surface area contributed by atoms with Crippen molar-refractivity contribution in [3.05, 3.63) is 28.8 Å². The summed E-state index contributed by atoms with van der Waals surface area (Å²) in [5.41, 5.74) is 0. The first kappa shape index (κ1) is 14.1. The first-order valence-electron chi connectivity index (χ1n) is 5.37. The van der Waals surface area contributed by atoms with Crippen LogP contribution in [0.1, 0.15) is 5.76 Å². The molecule has 2 N–H and O–H groups in total. The molecule has 0 saturated carbocycles. The van der Waals surface area contributed by atoms with Gasteiger partial charge in [-0.3, -0.25) is 9.40 Å². The molecule has 0 aliphatic rings. The number of furan rings is 1. The van der Waals surface area contributed by atoms with Gasteiger partial charge in [0.05, 0.1) is 6.54 Å². The number of anilines is 1. The van der Waals surface area contributed by atoms with Gasteiger partial charge in [-0.25, -0.2) is 8.42 Å². The van der Waals surface area contributed by atoms with Gasteiger partial charge in [0.1, 0.15) is 10.7 Å². The number of rotatable bonds is 5. The van der Waals surface area contributed by atoms with Crippen LogP contribution in [0.2, 0.25) is 0 Å². The van der Waals surface area contributed by atoms with Crippen molar-refractivity contribution in [2.45, 2.75) is 11.4 Å². The highest BCUT2D eigenvalue weighted by Gasteiger charge is 2.23. The molecule has 0 bridgehead atoms. The maximum Gasteiger partial charge on any atom is 0.267 e. The summed E-state index contributed by atoms with van der Waals surface area (Å²) in [6, 6.07) is 3.03. The van der Waals surface area contributed by atoms with Crippen LogP contribution >= 0.6 is 15.9 Å². The van der Waals surface area contributed by atoms with Crippen LogP contribution in [0, 0.1) is 0 Å². The summed E-state index contributed by atoms with van der Waals surface area (Å²) < 4.78 is 33.7. The van der Waals surface area contributed by atoms with E-state index >= 15 is 0 Å². The lowest BCUT2D eigenvalue weighted by Gasteiger charge is -2.02. The molecule has 0 atom stereocenters. The molecule has 2 aromatic heterocycles. The molecule has 0 spiro atoms. The molecule has 104 valence electrons. The van der Waals surface area contributed by atoms with Gasteiger partial charge in [-0.2, -0.15) is 5.10 Å². The summed E-state index contributed by atoms with van der Waals surface area (Å²) in [5.74, 6) is 0.779. The molecule has 2 heterocycles. The number of halogens is 1. The third-order valence-electron chi connectivity index (χ3n) is 2.30. The van der Waals surface area contributed by atoms with Crippen molar-refractivity contribution in [2.75, 3.05) is 11.8 Å². The lowest BCUT2D eigenvalue weighted by atomic mass is 10.4. The molecule has 7 nitrogen and oxygen atoms in total. The van der Waals surface area contributed by atoms with Crippen molar-refractivity contribution < 1.29 is 12.8 Å². The molecule has 0 radical (unpaired) electrons. The molecule has 0 saturated heterocycles. The standard InChI is InChI=1S/C10H13BrN4O3S/c1-12-6-7-5-8(10(11)18-7)19(16,17)14-9-3-4-15(2)13-9/h3-5,12H,6H2,1-2H3,(H,13,14). The number of hydrogen-bond donors (Lipinski definition) is 2. The van der Waals surface area contributed by atoms with Crippen molar-refractivity contribution in [3.63, 3.8) is 0 Å². The van der Waals surface area contributed by atoms with Crippen LogP contribution < -0.4 is 10.0 Å². The summed E-state index contributed by atoms with van der Waals surface area (Å²) >= 11 is 3.10. The summed E-state index contributed by atoms with van der Waals surface area (Å²) in [6.45, 7) is 0.442. The molecule has 2 rings (SSSR count). The van der Waals surface area contributed by atoms with E-state index in [9.17, 15) is 8.42 Å². The van der Waals surface area contributed by atoms with E-state index in [2.05, 4.69) is 31.1 Å². The fourth-order valence-corrected chi connectivity index (χ4v) is 3.50. The predicted molar refractivity (Wildman–Crippen MR) is 73.2 cm³/mol. The SMILES string of the molecule is CNCc1cc(S(=O)(=O)Nc2ccn(C)n2)c(Br)o1. The smallest absolute Gasteiger partial charge is 0.267 e. The van der Waals surface area contributed by atoms with Gasteiger partial charge in [-0.05, 0) is 23.0 Å². The van der Waals surface area contributed by atoms with Crippen molar-refractivity contribution in [3.8, 4) is 0 Å². The van der Waals surface area contributed by atoms with Crippen LogP contribution in [0.4, 0.5) is 5.82 Å². The Morgan fingerprint density at radius 3 is 2.84 bits per heavy atom. The summed E-state index contributed by atoms with van der Waals surface area (Å²) in [7, 11) is -0.271. The zero-order chi connectivity index (χ0) is 14.0. The third kappa shape index (κ3) is 3.17. The van der Waals surface area contributed by atoms with Gasteiger partial charge in [0.2, 0.25) is 0 Å². The molecular formula is C10H13BrN4O3S. The number of aromatic nitrogens is 2. The topological polar surface area (TPSA) is 89.2 Å². The zero-order valence-corrected chi connectivity index (χ0v) is 12.7. The van der Waals surface area contributed by atoms with E-state index in [1.54, 1.807) is 26.4 Å². The van der Waals surface area contributed by atoms with Crippen LogP contribution in [0.15, 0.2) is 32.3 Å². The highest BCUT2D eigenvalue weighted by atomic mass is 79.9. The first-order chi connectivity index (χ1) is 8.92. The minimum atomic E-state index is -3.72. The minimum Gasteiger partial charge on any atom is -0.451 e. The molecule has 9 heteroatoms. The van der Waals surface area contributed by atoms with Gasteiger partial charge in [0.15, 0.2) is 10.5 Å². The van der Waals surface area contributed by atoms with Gasteiger partial charge in [0, 0.05) is 25.4 Å². The van der Waals surface area contributed by atoms with Gasteiger partial charge in [-0.15, -0.1) is 0 Å². The molecule has 0 amide bonds. The maximum absolute atomic E-state index is 12.2. The highest BCUT2D eigenvalue weighted by Crippen LogP contribution is 2.27. The molecular weight excluding hydrogens is 336 g/mol. The largest absolute Gasteiger partial charge is 0.451 e. The Kier molecular flexibility index (Phi) is 3.97. The van der Waals surface area contributed by atoms with Crippen molar-refractivity contribution in [1.82, 2.24) is 15.1 Å². The van der Waals surface area contributed by atoms with Crippen LogP contribution in [-0.2, 0) is 23.6 Å². The van der Waals surface area contributed by atoms with Crippen molar-refractivity contribution >= 4 is 31.8 Å². The van der Waals surface area contributed by atoms with Crippen LogP contribution in [0.3, 0.4) is 0 Å². The fraction of sp³-hybridized carbons (Fsp3) is 0.300. The Hall–Kier alpha value is -1.32. The molecule has 0 aromatic carbocycles. The number of hydrogen-bond acceptors (Lipinski definition) is 5. The summed E-state index contributed by atoms with van der Waals surface area (Å²) in [6.07, 6.45) is 1.65. The van der Waals surface area contributed by atoms with Crippen molar-refractivity contribution in [2.24, 2.45) is 7.05 Å². The second-order valence-electron chi connectivity index (χ2n) is 3.86. The molecule has 0 unspecified atom stereocenters. The zero-order valence-electron chi connectivity index (χ0n) is 10.3. The van der Waals surface area contributed by atoms with E-state index in [0.717, 1.165) is 0 Å². The van der Waals surface area contributed by atoms with E-state index in [4.69, 9.17) is 4.42 Å². The van der Waals surface area contributed by atoms with Crippen LogP contribution in [0.5, 0.6) is 0 Å². The number of nitrogens with one attached hydrogen (secondary N) is 2. The molecule has 0 aliphatic carbocycles. The van der Waals surface area contributed by atoms with Crippen LogP contribution in [0.25, 0.3) is 0 Å². The van der Waals surface area contributed by atoms with E-state index in [0.29, 0.717) is 12.3 Å². The van der Waals surface area contributed by atoms with E-state index in [1.807, 2.05) is 0 Å². The van der Waals surface area contributed by atoms with Gasteiger partial charge in [0.25, 0.3) is 10.0 Å². The number of aryl methyl sites for hydroxylation is 1. The molecule has 19 heavy (non-hydrogen) atoms. The highest BCUT2D eigenvalue weighted by molar-refractivity contribution is 9.10. The van der Waals surface area contributed by atoms with E-state index < -0.39 is 10.0 Å². The van der Waals surface area contributed by atoms with E-state index in [-0.39, 0.29) is 15.4 Å². The predicted octanol–water partition coefficient (Wildman–Crippen LogP) is 1.30. The fourth-order valence-electron chi connectivity index (χ4n) is 1.50. The summed E-state index contributed by atoms with van der Waals surface area (Å²) in [4.78, 5) is 0.0448. The van der Waals surface area contributed by atoms with Gasteiger partial charge >= 0.3 is 0 Å². The van der Waals surface area contributed by atoms with E-state index in [1.165, 1.54) is 10.7 Å². The second kappa shape index (κ2) is 5.35. The lowest BCUT2D eigenvalue weighted by Crippen LogP contribution is -2.13. The Morgan fingerprint density at radius 1 is 1.53 bits per heavy atom. The Morgan fingerprint density at radius 2 is 2.26 bits per heavy atom. The van der Waals surface area contributed by atoms with Crippen LogP contribution in [-0.4, -0.2) is 25.2 Å². The van der Waals surface area contributed by atoms with Crippen molar-refractivity contribution in [1.29, 1.82) is 0 Å². The number of sulfonamides is 1. The summed E-state index contributed by atoms with van der Waals surface area (Å²) in [5, 5.41) is 6.85. The molecule has 0 fully saturated rings. The van der Waals surface area contributed by atoms with Gasteiger partial charge < -0.3 is 9.73 Å². The lowest BCUT2D eigenvalue weighted by molar-refractivity contribution is 0.470.